The highest BCUT2D eigenvalue weighted by Crippen LogP contribution is 2.50. The van der Waals surface area contributed by atoms with E-state index in [1.807, 2.05) is 34.5 Å². The van der Waals surface area contributed by atoms with Crippen molar-refractivity contribution >= 4 is 44.9 Å². The van der Waals surface area contributed by atoms with Crippen LogP contribution in [0.4, 0.5) is 4.79 Å². The number of hydrogen-bond acceptors (Lipinski definition) is 6. The van der Waals surface area contributed by atoms with Gasteiger partial charge in [-0.2, -0.15) is 0 Å². The van der Waals surface area contributed by atoms with Crippen molar-refractivity contribution in [3.63, 3.8) is 0 Å². The zero-order valence-electron chi connectivity index (χ0n) is 18.6. The van der Waals surface area contributed by atoms with Crippen LogP contribution in [0.5, 0.6) is 5.75 Å². The van der Waals surface area contributed by atoms with Crippen molar-refractivity contribution in [3.8, 4) is 16.2 Å². The molecule has 3 heterocycles. The maximum atomic E-state index is 13.6. The first-order valence-electron chi connectivity index (χ1n) is 11.3. The van der Waals surface area contributed by atoms with Gasteiger partial charge in [-0.3, -0.25) is 4.79 Å². The molecule has 3 atom stereocenters. The maximum Gasteiger partial charge on any atom is 0.412 e. The number of piperidine rings is 1. The van der Waals surface area contributed by atoms with Crippen molar-refractivity contribution < 1.29 is 14.3 Å². The van der Waals surface area contributed by atoms with Gasteiger partial charge in [-0.1, -0.05) is 35.9 Å². The molecule has 4 aromatic rings. The highest BCUT2D eigenvalue weighted by molar-refractivity contribution is 7.17. The van der Waals surface area contributed by atoms with Crippen LogP contribution in [0.25, 0.3) is 20.7 Å². The van der Waals surface area contributed by atoms with Crippen LogP contribution in [0.1, 0.15) is 22.3 Å². The quantitative estimate of drug-likeness (QED) is 0.397. The molecule has 8 heteroatoms. The molecule has 0 radical (unpaired) electrons. The van der Waals surface area contributed by atoms with E-state index < -0.39 is 6.09 Å². The number of aromatic nitrogens is 1. The second kappa shape index (κ2) is 8.52. The van der Waals surface area contributed by atoms with Crippen LogP contribution in [0, 0.1) is 18.8 Å². The molecule has 6 rings (SSSR count). The fourth-order valence-electron chi connectivity index (χ4n) is 4.97. The van der Waals surface area contributed by atoms with Crippen molar-refractivity contribution in [1.82, 2.24) is 15.2 Å². The molecule has 2 aromatic carbocycles. The molecule has 34 heavy (non-hydrogen) atoms. The number of benzene rings is 2. The van der Waals surface area contributed by atoms with Gasteiger partial charge in [0.05, 0.1) is 27.3 Å². The van der Waals surface area contributed by atoms with Gasteiger partial charge in [0.25, 0.3) is 5.91 Å². The molecule has 6 nitrogen and oxygen atoms in total. The molecule has 1 aliphatic carbocycles. The summed E-state index contributed by atoms with van der Waals surface area (Å²) in [7, 11) is 0. The minimum Gasteiger partial charge on any atom is -0.409 e. The molecule has 1 aliphatic heterocycles. The summed E-state index contributed by atoms with van der Waals surface area (Å²) in [4.78, 5) is 33.4. The second-order valence-electron chi connectivity index (χ2n) is 8.94. The lowest BCUT2D eigenvalue weighted by molar-refractivity contribution is 0.0706. The smallest absolute Gasteiger partial charge is 0.409 e. The number of amides is 2. The lowest BCUT2D eigenvalue weighted by Crippen LogP contribution is -2.46. The van der Waals surface area contributed by atoms with Gasteiger partial charge < -0.3 is 15.0 Å². The van der Waals surface area contributed by atoms with Gasteiger partial charge in [-0.15, -0.1) is 22.7 Å². The average molecular weight is 490 g/mol. The van der Waals surface area contributed by atoms with Crippen LogP contribution in [0.15, 0.2) is 59.4 Å². The number of fused-ring (bicyclic) bond motifs is 2. The fraction of sp³-hybridized carbons (Fsp3) is 0.269. The SMILES string of the molecule is Cc1cccc(-c2sccc2C(=O)N2C[C@@H]3C[C@@H]3[C@H]2CNC(=O)Oc2cccc3ncsc23)c1. The van der Waals surface area contributed by atoms with Crippen LogP contribution in [-0.4, -0.2) is 41.0 Å². The predicted octanol–water partition coefficient (Wildman–Crippen LogP) is 5.58. The molecule has 2 aromatic heterocycles. The summed E-state index contributed by atoms with van der Waals surface area (Å²) in [6.45, 7) is 3.19. The fourth-order valence-corrected chi connectivity index (χ4v) is 6.60. The van der Waals surface area contributed by atoms with Crippen LogP contribution < -0.4 is 10.1 Å². The molecule has 0 bridgehead atoms. The number of thiazole rings is 1. The summed E-state index contributed by atoms with van der Waals surface area (Å²) in [5, 5.41) is 4.88. The first kappa shape index (κ1) is 21.3. The van der Waals surface area contributed by atoms with Crippen LogP contribution in [0.2, 0.25) is 0 Å². The topological polar surface area (TPSA) is 71.5 Å². The van der Waals surface area contributed by atoms with E-state index in [4.69, 9.17) is 4.74 Å². The van der Waals surface area contributed by atoms with E-state index in [1.54, 1.807) is 22.9 Å². The average Bonchev–Trinajstić information content (AvgIpc) is 3.22. The summed E-state index contributed by atoms with van der Waals surface area (Å²) in [6.07, 6.45) is 0.605. The third kappa shape index (κ3) is 3.86. The second-order valence-corrected chi connectivity index (χ2v) is 10.7. The van der Waals surface area contributed by atoms with E-state index in [0.29, 0.717) is 24.1 Å². The van der Waals surface area contributed by atoms with E-state index in [9.17, 15) is 9.59 Å². The van der Waals surface area contributed by atoms with Crippen molar-refractivity contribution in [3.05, 3.63) is 70.5 Å². The molecule has 1 saturated carbocycles. The summed E-state index contributed by atoms with van der Waals surface area (Å²) >= 11 is 3.03. The lowest BCUT2D eigenvalue weighted by Gasteiger charge is -2.28. The number of thiophene rings is 1. The Bertz CT molecular complexity index is 1390. The van der Waals surface area contributed by atoms with Gasteiger partial charge in [0.15, 0.2) is 5.75 Å². The molecule has 0 unspecified atom stereocenters. The molecule has 172 valence electrons. The highest BCUT2D eigenvalue weighted by atomic mass is 32.1. The van der Waals surface area contributed by atoms with Gasteiger partial charge in [-0.05, 0) is 54.3 Å². The number of likely N-dealkylation sites (tertiary alicyclic amines) is 1. The number of nitrogens with one attached hydrogen (secondary N) is 1. The van der Waals surface area contributed by atoms with Gasteiger partial charge in [0.1, 0.15) is 0 Å². The molecular formula is C26H23N3O3S2. The highest BCUT2D eigenvalue weighted by Gasteiger charge is 2.54. The minimum absolute atomic E-state index is 0.0190. The lowest BCUT2D eigenvalue weighted by atomic mass is 10.1. The molecule has 0 spiro atoms. The summed E-state index contributed by atoms with van der Waals surface area (Å²) in [5.41, 5.74) is 5.52. The number of rotatable bonds is 5. The molecular weight excluding hydrogens is 466 g/mol. The van der Waals surface area contributed by atoms with E-state index in [-0.39, 0.29) is 11.9 Å². The first-order chi connectivity index (χ1) is 16.6. The third-order valence-corrected chi connectivity index (χ3v) is 8.54. The molecule has 1 N–H and O–H groups in total. The Balaban J connectivity index is 1.16. The Morgan fingerprint density at radius 3 is 2.94 bits per heavy atom. The van der Waals surface area contributed by atoms with E-state index >= 15 is 0 Å². The number of hydrogen-bond donors (Lipinski definition) is 1. The number of carbonyl (C=O) groups excluding carboxylic acids is 2. The van der Waals surface area contributed by atoms with Crippen LogP contribution in [0.3, 0.4) is 0 Å². The van der Waals surface area contributed by atoms with Gasteiger partial charge in [0, 0.05) is 18.0 Å². The Hall–Kier alpha value is -3.23. The van der Waals surface area contributed by atoms with Crippen molar-refractivity contribution in [2.24, 2.45) is 11.8 Å². The monoisotopic (exact) mass is 489 g/mol. The molecule has 2 aliphatic rings. The van der Waals surface area contributed by atoms with Crippen molar-refractivity contribution in [1.29, 1.82) is 0 Å². The Labute approximate surface area is 205 Å². The zero-order chi connectivity index (χ0) is 23.2. The standard InChI is InChI=1S/C26H23N3O3S2/c1-15-4-2-5-16(10-15)23-18(8-9-33-23)25(30)29-13-17-11-19(17)21(29)12-27-26(31)32-22-7-3-6-20-24(22)34-14-28-20/h2-10,14,17,19,21H,11-13H2,1H3,(H,27,31)/t17-,19-,21+/m0/s1. The normalized spacial score (nSPS) is 20.9. The van der Waals surface area contributed by atoms with Crippen LogP contribution >= 0.6 is 22.7 Å². The van der Waals surface area contributed by atoms with E-state index in [2.05, 4.69) is 35.4 Å². The first-order valence-corrected chi connectivity index (χ1v) is 13.1. The van der Waals surface area contributed by atoms with Gasteiger partial charge in [0.2, 0.25) is 0 Å². The van der Waals surface area contributed by atoms with Crippen LogP contribution in [-0.2, 0) is 0 Å². The number of ether oxygens (including phenoxy) is 1. The predicted molar refractivity (Wildman–Crippen MR) is 135 cm³/mol. The Morgan fingerprint density at radius 1 is 1.18 bits per heavy atom. The van der Waals surface area contributed by atoms with E-state index in [0.717, 1.165) is 39.2 Å². The Morgan fingerprint density at radius 2 is 2.06 bits per heavy atom. The summed E-state index contributed by atoms with van der Waals surface area (Å²) in [6, 6.07) is 15.6. The number of aryl methyl sites for hydroxylation is 1. The van der Waals surface area contributed by atoms with Gasteiger partial charge in [-0.25, -0.2) is 9.78 Å². The summed E-state index contributed by atoms with van der Waals surface area (Å²) in [5.74, 6) is 1.51. The van der Waals surface area contributed by atoms with Crippen molar-refractivity contribution in [2.45, 2.75) is 19.4 Å². The van der Waals surface area contributed by atoms with Gasteiger partial charge >= 0.3 is 6.09 Å². The number of carbonyl (C=O) groups is 2. The zero-order valence-corrected chi connectivity index (χ0v) is 20.2. The third-order valence-electron chi connectivity index (χ3n) is 6.72. The molecule has 2 amide bonds. The largest absolute Gasteiger partial charge is 0.412 e. The Kier molecular flexibility index (Phi) is 5.34. The number of nitrogens with zero attached hydrogens (tertiary/aromatic N) is 2. The summed E-state index contributed by atoms with van der Waals surface area (Å²) < 4.78 is 6.42. The van der Waals surface area contributed by atoms with Crippen molar-refractivity contribution in [2.75, 3.05) is 13.1 Å². The van der Waals surface area contributed by atoms with E-state index in [1.165, 1.54) is 16.9 Å². The minimum atomic E-state index is -0.506. The molecule has 1 saturated heterocycles. The molecule has 2 fully saturated rings. The maximum absolute atomic E-state index is 13.6.